The summed E-state index contributed by atoms with van der Waals surface area (Å²) >= 11 is 0. The first kappa shape index (κ1) is 17.9. The molecule has 8 heteroatoms. The topological polar surface area (TPSA) is 96.6 Å². The molecule has 3 heterocycles. The van der Waals surface area contributed by atoms with E-state index in [4.69, 9.17) is 0 Å². The van der Waals surface area contributed by atoms with E-state index < -0.39 is 17.3 Å². The number of aromatic nitrogens is 5. The molecule has 0 bridgehead atoms. The second-order valence-corrected chi connectivity index (χ2v) is 6.80. The number of pyridine rings is 2. The molecule has 0 saturated carbocycles. The molecule has 2 aromatic carbocycles. The molecule has 30 heavy (non-hydrogen) atoms. The second kappa shape index (κ2) is 7.00. The maximum absolute atomic E-state index is 14.1. The highest BCUT2D eigenvalue weighted by Crippen LogP contribution is 2.23. The molecule has 0 saturated heterocycles. The molecule has 5 aromatic rings. The van der Waals surface area contributed by atoms with E-state index in [-0.39, 0.29) is 0 Å². The average molecular weight is 398 g/mol. The Labute approximate surface area is 169 Å². The summed E-state index contributed by atoms with van der Waals surface area (Å²) in [7, 11) is 0. The van der Waals surface area contributed by atoms with Gasteiger partial charge in [-0.25, -0.2) is 14.1 Å². The van der Waals surface area contributed by atoms with Crippen molar-refractivity contribution < 1.29 is 14.3 Å². The quantitative estimate of drug-likeness (QED) is 0.462. The lowest BCUT2D eigenvalue weighted by atomic mass is 10.1. The minimum absolute atomic E-state index is 0.448. The van der Waals surface area contributed by atoms with Crippen LogP contribution in [0.2, 0.25) is 0 Å². The smallest absolute Gasteiger partial charge is 0.179 e. The highest BCUT2D eigenvalue weighted by molar-refractivity contribution is 5.87. The zero-order valence-corrected chi connectivity index (χ0v) is 15.5. The lowest BCUT2D eigenvalue weighted by Gasteiger charge is -2.07. The molecule has 146 valence electrons. The summed E-state index contributed by atoms with van der Waals surface area (Å²) in [5, 5.41) is 20.3. The fourth-order valence-corrected chi connectivity index (χ4v) is 3.36. The van der Waals surface area contributed by atoms with Gasteiger partial charge in [-0.05, 0) is 48.0 Å². The molecule has 7 nitrogen and oxygen atoms in total. The molecule has 3 aromatic heterocycles. The van der Waals surface area contributed by atoms with Gasteiger partial charge in [-0.1, -0.05) is 23.4 Å². The number of hydrogen-bond acceptors (Lipinski definition) is 6. The van der Waals surface area contributed by atoms with Crippen LogP contribution in [-0.4, -0.2) is 30.9 Å². The van der Waals surface area contributed by atoms with Gasteiger partial charge in [0.2, 0.25) is 0 Å². The lowest BCUT2D eigenvalue weighted by molar-refractivity contribution is -0.255. The van der Waals surface area contributed by atoms with E-state index in [1.54, 1.807) is 23.0 Å². The Bertz CT molecular complexity index is 1430. The number of aromatic carboxylic acids is 1. The molecule has 0 radical (unpaired) electrons. The van der Waals surface area contributed by atoms with Gasteiger partial charge in [0.15, 0.2) is 5.65 Å². The van der Waals surface area contributed by atoms with Crippen molar-refractivity contribution >= 4 is 28.0 Å². The number of carboxylic acid groups (broad SMARTS) is 1. The summed E-state index contributed by atoms with van der Waals surface area (Å²) in [6.07, 6.45) is 1.75. The SMILES string of the molecule is O=C([O-])c1ccc(-c2ccc3nnn(Cc4ccc5ncccc5c4)c3n2)cc1F. The van der Waals surface area contributed by atoms with E-state index in [0.29, 0.717) is 29.0 Å². The number of halogens is 1. The number of fused-ring (bicyclic) bond motifs is 2. The van der Waals surface area contributed by atoms with Crippen LogP contribution in [0.25, 0.3) is 33.3 Å². The zero-order valence-electron chi connectivity index (χ0n) is 15.5. The van der Waals surface area contributed by atoms with Gasteiger partial charge in [0, 0.05) is 22.7 Å². The molecule has 0 aliphatic carbocycles. The summed E-state index contributed by atoms with van der Waals surface area (Å²) in [5.74, 6) is -2.43. The van der Waals surface area contributed by atoms with Crippen LogP contribution in [0.15, 0.2) is 66.9 Å². The lowest BCUT2D eigenvalue weighted by Crippen LogP contribution is -2.23. The Hall–Kier alpha value is -4.20. The standard InChI is InChI=1S/C22H14FN5O2/c23-17-11-15(4-5-16(17)22(29)30)19-7-8-20-21(25-19)28(27-26-20)12-13-3-6-18-14(10-13)2-1-9-24-18/h1-11H,12H2,(H,29,30)/p-1. The fourth-order valence-electron chi connectivity index (χ4n) is 3.36. The predicted octanol–water partition coefficient (Wildman–Crippen LogP) is 2.59. The van der Waals surface area contributed by atoms with Gasteiger partial charge in [-0.2, -0.15) is 0 Å². The van der Waals surface area contributed by atoms with E-state index in [9.17, 15) is 14.3 Å². The number of rotatable bonds is 4. The normalized spacial score (nSPS) is 11.2. The molecule has 0 aliphatic heterocycles. The Balaban J connectivity index is 1.52. The van der Waals surface area contributed by atoms with Gasteiger partial charge in [-0.15, -0.1) is 5.10 Å². The van der Waals surface area contributed by atoms with Crippen molar-refractivity contribution in [2.45, 2.75) is 6.54 Å². The highest BCUT2D eigenvalue weighted by Gasteiger charge is 2.11. The summed E-state index contributed by atoms with van der Waals surface area (Å²) < 4.78 is 15.7. The molecule has 0 spiro atoms. The first-order valence-electron chi connectivity index (χ1n) is 9.14. The van der Waals surface area contributed by atoms with Gasteiger partial charge in [0.25, 0.3) is 0 Å². The maximum atomic E-state index is 14.1. The minimum atomic E-state index is -1.56. The van der Waals surface area contributed by atoms with Crippen LogP contribution in [0, 0.1) is 5.82 Å². The van der Waals surface area contributed by atoms with Gasteiger partial charge in [0.1, 0.15) is 11.3 Å². The van der Waals surface area contributed by atoms with E-state index in [2.05, 4.69) is 20.3 Å². The molecule has 5 rings (SSSR count). The summed E-state index contributed by atoms with van der Waals surface area (Å²) in [4.78, 5) is 19.8. The van der Waals surface area contributed by atoms with Crippen LogP contribution in [0.1, 0.15) is 15.9 Å². The number of nitrogens with zero attached hydrogens (tertiary/aromatic N) is 5. The van der Waals surface area contributed by atoms with Crippen molar-refractivity contribution in [2.24, 2.45) is 0 Å². The summed E-state index contributed by atoms with van der Waals surface area (Å²) in [5.41, 5.74) is 3.51. The van der Waals surface area contributed by atoms with Crippen LogP contribution in [0.5, 0.6) is 0 Å². The van der Waals surface area contributed by atoms with E-state index >= 15 is 0 Å². The average Bonchev–Trinajstić information content (AvgIpc) is 3.15. The second-order valence-electron chi connectivity index (χ2n) is 6.80. The molecule has 0 unspecified atom stereocenters. The first-order valence-corrected chi connectivity index (χ1v) is 9.14. The minimum Gasteiger partial charge on any atom is -0.545 e. The number of carboxylic acids is 1. The highest BCUT2D eigenvalue weighted by atomic mass is 19.1. The molecule has 0 N–H and O–H groups in total. The fraction of sp³-hybridized carbons (Fsp3) is 0.0455. The Morgan fingerprint density at radius 1 is 1.03 bits per heavy atom. The molecule has 0 aliphatic rings. The summed E-state index contributed by atoms with van der Waals surface area (Å²) in [6, 6.07) is 17.1. The third-order valence-corrected chi connectivity index (χ3v) is 4.84. The Morgan fingerprint density at radius 3 is 2.73 bits per heavy atom. The third-order valence-electron chi connectivity index (χ3n) is 4.84. The maximum Gasteiger partial charge on any atom is 0.179 e. The molecule has 0 fully saturated rings. The van der Waals surface area contributed by atoms with Gasteiger partial charge in [0.05, 0.1) is 23.7 Å². The number of hydrogen-bond donors (Lipinski definition) is 0. The Kier molecular flexibility index (Phi) is 4.17. The third kappa shape index (κ3) is 3.14. The van der Waals surface area contributed by atoms with Crippen LogP contribution in [0.3, 0.4) is 0 Å². The molecular formula is C22H13FN5O2-. The van der Waals surface area contributed by atoms with E-state index in [1.807, 2.05) is 30.3 Å². The van der Waals surface area contributed by atoms with Crippen LogP contribution >= 0.6 is 0 Å². The molecule has 0 amide bonds. The van der Waals surface area contributed by atoms with Gasteiger partial charge < -0.3 is 9.90 Å². The van der Waals surface area contributed by atoms with Crippen molar-refractivity contribution in [3.63, 3.8) is 0 Å². The zero-order chi connectivity index (χ0) is 20.7. The number of benzene rings is 2. The van der Waals surface area contributed by atoms with Gasteiger partial charge >= 0.3 is 0 Å². The number of carbonyl (C=O) groups excluding carboxylic acids is 1. The van der Waals surface area contributed by atoms with Crippen molar-refractivity contribution in [2.75, 3.05) is 0 Å². The van der Waals surface area contributed by atoms with Crippen LogP contribution in [0.4, 0.5) is 4.39 Å². The first-order chi connectivity index (χ1) is 14.6. The van der Waals surface area contributed by atoms with E-state index in [0.717, 1.165) is 22.5 Å². The van der Waals surface area contributed by atoms with Gasteiger partial charge in [-0.3, -0.25) is 4.98 Å². The molecule has 0 atom stereocenters. The van der Waals surface area contributed by atoms with Crippen molar-refractivity contribution in [3.8, 4) is 11.3 Å². The van der Waals surface area contributed by atoms with Crippen LogP contribution < -0.4 is 5.11 Å². The summed E-state index contributed by atoms with van der Waals surface area (Å²) in [6.45, 7) is 0.454. The van der Waals surface area contributed by atoms with Crippen molar-refractivity contribution in [1.82, 2.24) is 25.0 Å². The van der Waals surface area contributed by atoms with Crippen molar-refractivity contribution in [3.05, 3.63) is 83.8 Å². The van der Waals surface area contributed by atoms with Crippen molar-refractivity contribution in [1.29, 1.82) is 0 Å². The monoisotopic (exact) mass is 398 g/mol. The number of carbonyl (C=O) groups is 1. The van der Waals surface area contributed by atoms with E-state index in [1.165, 1.54) is 12.1 Å². The molecular weight excluding hydrogens is 385 g/mol. The largest absolute Gasteiger partial charge is 0.545 e. The van der Waals surface area contributed by atoms with Crippen LogP contribution in [-0.2, 0) is 6.54 Å². The Morgan fingerprint density at radius 2 is 1.90 bits per heavy atom. The predicted molar refractivity (Wildman–Crippen MR) is 106 cm³/mol.